The van der Waals surface area contributed by atoms with Gasteiger partial charge < -0.3 is 20.1 Å². The molecule has 2 aliphatic heterocycles. The van der Waals surface area contributed by atoms with Crippen molar-refractivity contribution in [1.82, 2.24) is 4.90 Å². The van der Waals surface area contributed by atoms with Gasteiger partial charge in [-0.2, -0.15) is 0 Å². The van der Waals surface area contributed by atoms with Gasteiger partial charge in [-0.1, -0.05) is 12.5 Å². The van der Waals surface area contributed by atoms with E-state index in [1.807, 2.05) is 17.0 Å². The summed E-state index contributed by atoms with van der Waals surface area (Å²) in [4.78, 5) is 14.8. The minimum absolute atomic E-state index is 0.162. The fourth-order valence-electron chi connectivity index (χ4n) is 4.19. The lowest BCUT2D eigenvalue weighted by Gasteiger charge is -2.27. The molecule has 1 aromatic carbocycles. The molecule has 0 bridgehead atoms. The molecule has 2 heterocycles. The molecule has 1 amide bonds. The van der Waals surface area contributed by atoms with Crippen molar-refractivity contribution < 1.29 is 14.3 Å². The van der Waals surface area contributed by atoms with E-state index >= 15 is 0 Å². The van der Waals surface area contributed by atoms with E-state index in [0.29, 0.717) is 12.3 Å². The van der Waals surface area contributed by atoms with Crippen LogP contribution in [0.1, 0.15) is 50.1 Å². The maximum absolute atomic E-state index is 12.8. The summed E-state index contributed by atoms with van der Waals surface area (Å²) in [6.07, 6.45) is 5.98. The predicted molar refractivity (Wildman–Crippen MR) is 86.2 cm³/mol. The van der Waals surface area contributed by atoms with Crippen LogP contribution in [0.4, 0.5) is 0 Å². The quantitative estimate of drug-likeness (QED) is 0.931. The molecule has 2 fully saturated rings. The largest absolute Gasteiger partial charge is 0.454 e. The van der Waals surface area contributed by atoms with Crippen molar-refractivity contribution in [2.45, 2.75) is 50.6 Å². The molecule has 124 valence electrons. The normalized spacial score (nSPS) is 29.3. The number of carbonyl (C=O) groups excluding carboxylic acids is 1. The lowest BCUT2D eigenvalue weighted by Crippen LogP contribution is -2.35. The zero-order chi connectivity index (χ0) is 15.8. The second kappa shape index (κ2) is 6.04. The monoisotopic (exact) mass is 316 g/mol. The molecule has 0 aromatic heterocycles. The minimum atomic E-state index is 0.162. The Labute approximate surface area is 136 Å². The molecule has 2 N–H and O–H groups in total. The Balaban J connectivity index is 1.49. The van der Waals surface area contributed by atoms with Crippen LogP contribution in [0, 0.1) is 5.92 Å². The number of amides is 1. The summed E-state index contributed by atoms with van der Waals surface area (Å²) in [6.45, 7) is 1.13. The molecule has 1 saturated heterocycles. The van der Waals surface area contributed by atoms with Gasteiger partial charge in [0.2, 0.25) is 12.7 Å². The van der Waals surface area contributed by atoms with Crippen LogP contribution < -0.4 is 15.2 Å². The summed E-state index contributed by atoms with van der Waals surface area (Å²) < 4.78 is 10.8. The van der Waals surface area contributed by atoms with Gasteiger partial charge >= 0.3 is 0 Å². The summed E-state index contributed by atoms with van der Waals surface area (Å²) in [6, 6.07) is 6.40. The van der Waals surface area contributed by atoms with Gasteiger partial charge in [-0.3, -0.25) is 4.79 Å². The highest BCUT2D eigenvalue weighted by atomic mass is 16.7. The maximum atomic E-state index is 12.8. The standard InChI is InChI=1S/C18H24N2O3/c19-14-4-1-3-12(14)10-18(21)20-8-2-5-15(20)13-6-7-16-17(9-13)23-11-22-16/h6-7,9,12,14-15H,1-5,8,10-11,19H2/t12-,14+,15?/m0/s1. The Kier molecular flexibility index (Phi) is 3.89. The van der Waals surface area contributed by atoms with E-state index in [1.165, 1.54) is 0 Å². The van der Waals surface area contributed by atoms with Gasteiger partial charge in [0, 0.05) is 19.0 Å². The lowest BCUT2D eigenvalue weighted by atomic mass is 9.98. The Bertz CT molecular complexity index is 604. The van der Waals surface area contributed by atoms with Crippen LogP contribution in [0.3, 0.4) is 0 Å². The Morgan fingerprint density at radius 1 is 1.17 bits per heavy atom. The van der Waals surface area contributed by atoms with Gasteiger partial charge in [0.05, 0.1) is 6.04 Å². The SMILES string of the molecule is N[C@@H]1CCC[C@H]1CC(=O)N1CCCC1c1ccc2c(c1)OCO2. The Hall–Kier alpha value is -1.75. The first-order chi connectivity index (χ1) is 11.2. The highest BCUT2D eigenvalue weighted by Crippen LogP contribution is 2.39. The molecule has 0 spiro atoms. The van der Waals surface area contributed by atoms with E-state index in [2.05, 4.69) is 6.07 Å². The van der Waals surface area contributed by atoms with Crippen molar-refractivity contribution in [3.05, 3.63) is 23.8 Å². The summed E-state index contributed by atoms with van der Waals surface area (Å²) >= 11 is 0. The second-order valence-corrected chi connectivity index (χ2v) is 6.92. The number of ether oxygens (including phenoxy) is 2. The van der Waals surface area contributed by atoms with E-state index in [9.17, 15) is 4.79 Å². The first-order valence-electron chi connectivity index (χ1n) is 8.67. The third kappa shape index (κ3) is 2.78. The molecule has 0 radical (unpaired) electrons. The topological polar surface area (TPSA) is 64.8 Å². The molecule has 3 atom stereocenters. The van der Waals surface area contributed by atoms with Gasteiger partial charge in [-0.15, -0.1) is 0 Å². The van der Waals surface area contributed by atoms with Crippen molar-refractivity contribution in [2.75, 3.05) is 13.3 Å². The molecule has 1 aromatic rings. The van der Waals surface area contributed by atoms with E-state index < -0.39 is 0 Å². The number of rotatable bonds is 3. The average Bonchev–Trinajstić information content (AvgIpc) is 3.27. The molecule has 1 saturated carbocycles. The number of nitrogens with two attached hydrogens (primary N) is 1. The third-order valence-corrected chi connectivity index (χ3v) is 5.51. The van der Waals surface area contributed by atoms with Gasteiger partial charge in [-0.25, -0.2) is 0 Å². The summed E-state index contributed by atoms with van der Waals surface area (Å²) in [7, 11) is 0. The highest BCUT2D eigenvalue weighted by Gasteiger charge is 2.34. The van der Waals surface area contributed by atoms with Crippen molar-refractivity contribution in [2.24, 2.45) is 11.7 Å². The molecular formula is C18H24N2O3. The van der Waals surface area contributed by atoms with Crippen molar-refractivity contribution >= 4 is 5.91 Å². The summed E-state index contributed by atoms with van der Waals surface area (Å²) in [5, 5.41) is 0. The molecule has 5 heteroatoms. The molecular weight excluding hydrogens is 292 g/mol. The molecule has 3 aliphatic rings. The average molecular weight is 316 g/mol. The van der Waals surface area contributed by atoms with Gasteiger partial charge in [0.25, 0.3) is 0 Å². The molecule has 4 rings (SSSR count). The van der Waals surface area contributed by atoms with Crippen LogP contribution in [0.25, 0.3) is 0 Å². The van der Waals surface area contributed by atoms with Crippen LogP contribution in [0.5, 0.6) is 11.5 Å². The van der Waals surface area contributed by atoms with Crippen LogP contribution >= 0.6 is 0 Å². The fraction of sp³-hybridized carbons (Fsp3) is 0.611. The van der Waals surface area contributed by atoms with Crippen molar-refractivity contribution in [3.63, 3.8) is 0 Å². The highest BCUT2D eigenvalue weighted by molar-refractivity contribution is 5.77. The van der Waals surface area contributed by atoms with E-state index in [4.69, 9.17) is 15.2 Å². The van der Waals surface area contributed by atoms with E-state index in [-0.39, 0.29) is 24.8 Å². The number of fused-ring (bicyclic) bond motifs is 1. The summed E-state index contributed by atoms with van der Waals surface area (Å²) in [5.41, 5.74) is 7.28. The van der Waals surface area contributed by atoms with Crippen LogP contribution in [0.15, 0.2) is 18.2 Å². The second-order valence-electron chi connectivity index (χ2n) is 6.92. The van der Waals surface area contributed by atoms with Gasteiger partial charge in [0.15, 0.2) is 11.5 Å². The number of likely N-dealkylation sites (tertiary alicyclic amines) is 1. The van der Waals surface area contributed by atoms with Crippen LogP contribution in [-0.2, 0) is 4.79 Å². The van der Waals surface area contributed by atoms with Crippen molar-refractivity contribution in [3.8, 4) is 11.5 Å². The van der Waals surface area contributed by atoms with E-state index in [0.717, 1.165) is 55.7 Å². The Morgan fingerprint density at radius 3 is 2.87 bits per heavy atom. The number of hydrogen-bond donors (Lipinski definition) is 1. The fourth-order valence-corrected chi connectivity index (χ4v) is 4.19. The number of hydrogen-bond acceptors (Lipinski definition) is 4. The van der Waals surface area contributed by atoms with Gasteiger partial charge in [-0.05, 0) is 49.3 Å². The van der Waals surface area contributed by atoms with Crippen LogP contribution in [0.2, 0.25) is 0 Å². The van der Waals surface area contributed by atoms with Gasteiger partial charge in [0.1, 0.15) is 0 Å². The predicted octanol–water partition coefficient (Wildman–Crippen LogP) is 2.60. The Morgan fingerprint density at radius 2 is 2.04 bits per heavy atom. The number of carbonyl (C=O) groups is 1. The third-order valence-electron chi connectivity index (χ3n) is 5.51. The zero-order valence-corrected chi connectivity index (χ0v) is 13.4. The molecule has 23 heavy (non-hydrogen) atoms. The smallest absolute Gasteiger partial charge is 0.231 e. The lowest BCUT2D eigenvalue weighted by molar-refractivity contribution is -0.133. The molecule has 1 unspecified atom stereocenters. The van der Waals surface area contributed by atoms with Crippen LogP contribution in [-0.4, -0.2) is 30.2 Å². The number of benzene rings is 1. The maximum Gasteiger partial charge on any atom is 0.231 e. The first-order valence-corrected chi connectivity index (χ1v) is 8.67. The minimum Gasteiger partial charge on any atom is -0.454 e. The first kappa shape index (κ1) is 14.8. The summed E-state index contributed by atoms with van der Waals surface area (Å²) in [5.74, 6) is 2.20. The number of nitrogens with zero attached hydrogens (tertiary/aromatic N) is 1. The molecule has 1 aliphatic carbocycles. The van der Waals surface area contributed by atoms with Crippen molar-refractivity contribution in [1.29, 1.82) is 0 Å². The van der Waals surface area contributed by atoms with E-state index in [1.54, 1.807) is 0 Å². The molecule has 5 nitrogen and oxygen atoms in total. The zero-order valence-electron chi connectivity index (χ0n) is 13.4.